The van der Waals surface area contributed by atoms with Gasteiger partial charge in [-0.25, -0.2) is 0 Å². The maximum Gasteiger partial charge on any atom is 0.0328 e. The van der Waals surface area contributed by atoms with Crippen LogP contribution < -0.4 is 5.32 Å². The Hall–Kier alpha value is -0.0300. The Kier molecular flexibility index (Phi) is 4.50. The lowest BCUT2D eigenvalue weighted by Gasteiger charge is -2.25. The van der Waals surface area contributed by atoms with Crippen LogP contribution in [0.4, 0.5) is 0 Å². The zero-order chi connectivity index (χ0) is 10.5. The molecule has 1 N–H and O–H groups in total. The minimum absolute atomic E-state index is 1.00. The third kappa shape index (κ3) is 3.48. The molecule has 1 aliphatic heterocycles. The summed E-state index contributed by atoms with van der Waals surface area (Å²) in [5.74, 6) is 2.60. The summed E-state index contributed by atoms with van der Waals surface area (Å²) >= 11 is 4.01. The van der Waals surface area contributed by atoms with Crippen molar-refractivity contribution < 1.29 is 0 Å². The Labute approximate surface area is 100 Å². The van der Waals surface area contributed by atoms with Crippen molar-refractivity contribution in [1.29, 1.82) is 0 Å². The average molecular weight is 242 g/mol. The molecule has 1 aromatic heterocycles. The fraction of sp³-hybridized carbons (Fsp3) is 0.636. The van der Waals surface area contributed by atoms with E-state index in [1.165, 1.54) is 34.3 Å². The van der Waals surface area contributed by atoms with Gasteiger partial charge in [-0.05, 0) is 19.2 Å². The van der Waals surface area contributed by atoms with Gasteiger partial charge in [0.2, 0.25) is 0 Å². The summed E-state index contributed by atoms with van der Waals surface area (Å²) in [5, 5.41) is 3.19. The number of hydrogen-bond acceptors (Lipinski definition) is 4. The van der Waals surface area contributed by atoms with Crippen molar-refractivity contribution in [2.24, 2.45) is 0 Å². The van der Waals surface area contributed by atoms with Crippen LogP contribution in [0, 0.1) is 0 Å². The molecule has 2 nitrogen and oxygen atoms in total. The van der Waals surface area contributed by atoms with E-state index in [4.69, 9.17) is 0 Å². The average Bonchev–Trinajstić information content (AvgIpc) is 2.68. The van der Waals surface area contributed by atoms with E-state index in [1.54, 1.807) is 0 Å². The third-order valence-electron chi connectivity index (χ3n) is 2.55. The van der Waals surface area contributed by atoms with Gasteiger partial charge in [0.15, 0.2) is 0 Å². The molecule has 1 saturated heterocycles. The van der Waals surface area contributed by atoms with Gasteiger partial charge in [0, 0.05) is 47.4 Å². The summed E-state index contributed by atoms with van der Waals surface area (Å²) in [6.07, 6.45) is 0. The van der Waals surface area contributed by atoms with Gasteiger partial charge in [-0.2, -0.15) is 11.8 Å². The highest BCUT2D eigenvalue weighted by Gasteiger charge is 2.11. The fourth-order valence-electron chi connectivity index (χ4n) is 1.76. The van der Waals surface area contributed by atoms with Crippen LogP contribution >= 0.6 is 23.1 Å². The van der Waals surface area contributed by atoms with E-state index >= 15 is 0 Å². The van der Waals surface area contributed by atoms with Crippen LogP contribution in [0.3, 0.4) is 0 Å². The lowest BCUT2D eigenvalue weighted by atomic mass is 10.4. The topological polar surface area (TPSA) is 15.3 Å². The molecular formula is C11H18N2S2. The maximum absolute atomic E-state index is 3.19. The van der Waals surface area contributed by atoms with Gasteiger partial charge in [-0.15, -0.1) is 11.3 Å². The van der Waals surface area contributed by atoms with Crippen molar-refractivity contribution in [2.75, 3.05) is 31.6 Å². The molecule has 0 aromatic carbocycles. The van der Waals surface area contributed by atoms with E-state index in [0.717, 1.165) is 13.1 Å². The largest absolute Gasteiger partial charge is 0.315 e. The molecular weight excluding hydrogens is 224 g/mol. The zero-order valence-electron chi connectivity index (χ0n) is 9.16. The summed E-state index contributed by atoms with van der Waals surface area (Å²) in [4.78, 5) is 5.51. The predicted molar refractivity (Wildman–Crippen MR) is 69.7 cm³/mol. The van der Waals surface area contributed by atoms with Gasteiger partial charge >= 0.3 is 0 Å². The maximum atomic E-state index is 3.19. The standard InChI is InChI=1S/C11H18N2S2/c1-12-8-10-2-3-11(15-10)9-13-4-6-14-7-5-13/h2-3,12H,4-9H2,1H3. The quantitative estimate of drug-likeness (QED) is 0.869. The van der Waals surface area contributed by atoms with E-state index < -0.39 is 0 Å². The predicted octanol–water partition coefficient (Wildman–Crippen LogP) is 2.02. The number of thiophene rings is 1. The Bertz CT molecular complexity index is 293. The highest BCUT2D eigenvalue weighted by Crippen LogP contribution is 2.20. The first-order valence-corrected chi connectivity index (χ1v) is 7.38. The molecule has 2 rings (SSSR count). The zero-order valence-corrected chi connectivity index (χ0v) is 10.8. The molecule has 2 heterocycles. The van der Waals surface area contributed by atoms with Crippen LogP contribution in [-0.2, 0) is 13.1 Å². The number of thioether (sulfide) groups is 1. The molecule has 0 atom stereocenters. The van der Waals surface area contributed by atoms with Gasteiger partial charge in [-0.1, -0.05) is 0 Å². The van der Waals surface area contributed by atoms with E-state index in [-0.39, 0.29) is 0 Å². The first kappa shape index (κ1) is 11.5. The third-order valence-corrected chi connectivity index (χ3v) is 4.56. The lowest BCUT2D eigenvalue weighted by molar-refractivity contribution is 0.297. The van der Waals surface area contributed by atoms with Crippen molar-refractivity contribution in [3.63, 3.8) is 0 Å². The molecule has 15 heavy (non-hydrogen) atoms. The summed E-state index contributed by atoms with van der Waals surface area (Å²) in [6.45, 7) is 4.66. The monoisotopic (exact) mass is 242 g/mol. The Balaban J connectivity index is 1.86. The van der Waals surface area contributed by atoms with E-state index in [0.29, 0.717) is 0 Å². The second-order valence-electron chi connectivity index (χ2n) is 3.79. The normalized spacial score (nSPS) is 18.2. The van der Waals surface area contributed by atoms with Crippen LogP contribution in [0.15, 0.2) is 12.1 Å². The molecule has 0 amide bonds. The van der Waals surface area contributed by atoms with Gasteiger partial charge in [-0.3, -0.25) is 4.90 Å². The smallest absolute Gasteiger partial charge is 0.0328 e. The molecule has 1 aliphatic rings. The molecule has 1 aromatic rings. The van der Waals surface area contributed by atoms with Crippen LogP contribution in [0.5, 0.6) is 0 Å². The molecule has 0 bridgehead atoms. The molecule has 0 aliphatic carbocycles. The van der Waals surface area contributed by atoms with Crippen molar-refractivity contribution in [3.05, 3.63) is 21.9 Å². The van der Waals surface area contributed by atoms with Gasteiger partial charge in [0.25, 0.3) is 0 Å². The number of rotatable bonds is 4. The van der Waals surface area contributed by atoms with Crippen molar-refractivity contribution in [3.8, 4) is 0 Å². The molecule has 4 heteroatoms. The van der Waals surface area contributed by atoms with Crippen molar-refractivity contribution >= 4 is 23.1 Å². The Morgan fingerprint density at radius 3 is 2.73 bits per heavy atom. The molecule has 0 saturated carbocycles. The van der Waals surface area contributed by atoms with Gasteiger partial charge in [0.1, 0.15) is 0 Å². The van der Waals surface area contributed by atoms with Crippen molar-refractivity contribution in [2.45, 2.75) is 13.1 Å². The van der Waals surface area contributed by atoms with Crippen LogP contribution in [-0.4, -0.2) is 36.5 Å². The van der Waals surface area contributed by atoms with E-state index in [2.05, 4.69) is 34.1 Å². The number of hydrogen-bond donors (Lipinski definition) is 1. The summed E-state index contributed by atoms with van der Waals surface area (Å²) in [7, 11) is 2.00. The van der Waals surface area contributed by atoms with Crippen LogP contribution in [0.2, 0.25) is 0 Å². The highest BCUT2D eigenvalue weighted by molar-refractivity contribution is 7.99. The second kappa shape index (κ2) is 5.89. The fourth-order valence-corrected chi connectivity index (χ4v) is 3.81. The summed E-state index contributed by atoms with van der Waals surface area (Å²) in [6, 6.07) is 4.52. The summed E-state index contributed by atoms with van der Waals surface area (Å²) < 4.78 is 0. The number of nitrogens with zero attached hydrogens (tertiary/aromatic N) is 1. The SMILES string of the molecule is CNCc1ccc(CN2CCSCC2)s1. The summed E-state index contributed by atoms with van der Waals surface area (Å²) in [5.41, 5.74) is 0. The first-order valence-electron chi connectivity index (χ1n) is 5.41. The molecule has 0 spiro atoms. The molecule has 84 valence electrons. The van der Waals surface area contributed by atoms with Crippen molar-refractivity contribution in [1.82, 2.24) is 10.2 Å². The minimum atomic E-state index is 1.00. The Morgan fingerprint density at radius 2 is 2.00 bits per heavy atom. The van der Waals surface area contributed by atoms with Crippen LogP contribution in [0.1, 0.15) is 9.75 Å². The van der Waals surface area contributed by atoms with E-state index in [1.807, 2.05) is 18.4 Å². The molecule has 0 unspecified atom stereocenters. The lowest BCUT2D eigenvalue weighted by Crippen LogP contribution is -2.31. The van der Waals surface area contributed by atoms with E-state index in [9.17, 15) is 0 Å². The van der Waals surface area contributed by atoms with Gasteiger partial charge in [0.05, 0.1) is 0 Å². The molecule has 1 fully saturated rings. The molecule has 0 radical (unpaired) electrons. The minimum Gasteiger partial charge on any atom is -0.315 e. The second-order valence-corrected chi connectivity index (χ2v) is 6.26. The Morgan fingerprint density at radius 1 is 1.27 bits per heavy atom. The first-order chi connectivity index (χ1) is 7.38. The number of nitrogens with one attached hydrogen (secondary N) is 1. The van der Waals surface area contributed by atoms with Crippen LogP contribution in [0.25, 0.3) is 0 Å². The van der Waals surface area contributed by atoms with Gasteiger partial charge < -0.3 is 5.32 Å². The highest BCUT2D eigenvalue weighted by atomic mass is 32.2.